The maximum Gasteiger partial charge on any atom is 0.168 e. The fourth-order valence-corrected chi connectivity index (χ4v) is 3.19. The lowest BCUT2D eigenvalue weighted by Gasteiger charge is -1.97. The molecule has 0 saturated heterocycles. The summed E-state index contributed by atoms with van der Waals surface area (Å²) in [6.07, 6.45) is 6.37. The number of rotatable bonds is 4. The second-order valence-corrected chi connectivity index (χ2v) is 5.58. The maximum absolute atomic E-state index is 4.79. The van der Waals surface area contributed by atoms with Crippen LogP contribution in [0, 0.1) is 0 Å². The summed E-state index contributed by atoms with van der Waals surface area (Å²) < 4.78 is 2.03. The number of imidazole rings is 1. The summed E-state index contributed by atoms with van der Waals surface area (Å²) in [4.78, 5) is 10.5. The Morgan fingerprint density at radius 2 is 2.35 bits per heavy atom. The SMILES string of the molecule is CNCc1sc(-c2nccn2C)nc1C1CC1. The van der Waals surface area contributed by atoms with Crippen molar-refractivity contribution in [3.8, 4) is 10.8 Å². The van der Waals surface area contributed by atoms with Crippen LogP contribution in [-0.4, -0.2) is 21.6 Å². The average Bonchev–Trinajstić information content (AvgIpc) is 2.94. The van der Waals surface area contributed by atoms with Gasteiger partial charge in [-0.2, -0.15) is 0 Å². The van der Waals surface area contributed by atoms with Crippen LogP contribution in [0.3, 0.4) is 0 Å². The zero-order valence-electron chi connectivity index (χ0n) is 10.1. The summed E-state index contributed by atoms with van der Waals surface area (Å²) in [7, 11) is 4.00. The van der Waals surface area contributed by atoms with Crippen molar-refractivity contribution in [2.75, 3.05) is 7.05 Å². The summed E-state index contributed by atoms with van der Waals surface area (Å²) in [5, 5.41) is 4.27. The van der Waals surface area contributed by atoms with Crippen LogP contribution in [0.5, 0.6) is 0 Å². The quantitative estimate of drug-likeness (QED) is 0.901. The molecule has 0 aliphatic heterocycles. The molecular formula is C12H16N4S. The van der Waals surface area contributed by atoms with Crippen molar-refractivity contribution in [1.82, 2.24) is 19.9 Å². The topological polar surface area (TPSA) is 42.7 Å². The van der Waals surface area contributed by atoms with Crippen molar-refractivity contribution < 1.29 is 0 Å². The number of hydrogen-bond donors (Lipinski definition) is 1. The first-order valence-corrected chi connectivity index (χ1v) is 6.73. The molecule has 1 N–H and O–H groups in total. The Bertz CT molecular complexity index is 524. The summed E-state index contributed by atoms with van der Waals surface area (Å²) >= 11 is 1.77. The third-order valence-electron chi connectivity index (χ3n) is 3.04. The number of hydrogen-bond acceptors (Lipinski definition) is 4. The Morgan fingerprint density at radius 1 is 1.53 bits per heavy atom. The molecule has 0 amide bonds. The van der Waals surface area contributed by atoms with E-state index in [4.69, 9.17) is 4.98 Å². The lowest BCUT2D eigenvalue weighted by atomic mass is 10.2. The first-order chi connectivity index (χ1) is 8.29. The van der Waals surface area contributed by atoms with E-state index in [1.807, 2.05) is 31.1 Å². The molecular weight excluding hydrogens is 232 g/mol. The van der Waals surface area contributed by atoms with E-state index in [9.17, 15) is 0 Å². The third-order valence-corrected chi connectivity index (χ3v) is 4.11. The Morgan fingerprint density at radius 3 is 2.94 bits per heavy atom. The Labute approximate surface area is 105 Å². The standard InChI is InChI=1S/C12H16N4S/c1-13-7-9-10(8-3-4-8)15-12(17-9)11-14-5-6-16(11)2/h5-6,8,13H,3-4,7H2,1-2H3. The van der Waals surface area contributed by atoms with E-state index in [0.717, 1.165) is 17.4 Å². The molecule has 5 heteroatoms. The lowest BCUT2D eigenvalue weighted by molar-refractivity contribution is 0.812. The highest BCUT2D eigenvalue weighted by Gasteiger charge is 2.30. The summed E-state index contributed by atoms with van der Waals surface area (Å²) in [6, 6.07) is 0. The summed E-state index contributed by atoms with van der Waals surface area (Å²) in [5.41, 5.74) is 1.29. The lowest BCUT2D eigenvalue weighted by Crippen LogP contribution is -2.05. The van der Waals surface area contributed by atoms with Gasteiger partial charge in [0.2, 0.25) is 0 Å². The van der Waals surface area contributed by atoms with E-state index < -0.39 is 0 Å². The molecule has 0 unspecified atom stereocenters. The van der Waals surface area contributed by atoms with Crippen LogP contribution in [0.25, 0.3) is 10.8 Å². The molecule has 1 aliphatic rings. The fourth-order valence-electron chi connectivity index (χ4n) is 1.99. The smallest absolute Gasteiger partial charge is 0.168 e. The minimum absolute atomic E-state index is 0.698. The maximum atomic E-state index is 4.79. The van der Waals surface area contributed by atoms with Crippen LogP contribution in [0.1, 0.15) is 29.3 Å². The number of thiazole rings is 1. The second kappa shape index (κ2) is 4.23. The fraction of sp³-hybridized carbons (Fsp3) is 0.500. The summed E-state index contributed by atoms with van der Waals surface area (Å²) in [6.45, 7) is 0.911. The molecule has 0 aromatic carbocycles. The molecule has 0 radical (unpaired) electrons. The predicted molar refractivity (Wildman–Crippen MR) is 69.1 cm³/mol. The molecule has 0 bridgehead atoms. The van der Waals surface area contributed by atoms with Crippen LogP contribution >= 0.6 is 11.3 Å². The van der Waals surface area contributed by atoms with E-state index in [0.29, 0.717) is 5.92 Å². The van der Waals surface area contributed by atoms with Gasteiger partial charge in [-0.25, -0.2) is 9.97 Å². The number of nitrogens with one attached hydrogen (secondary N) is 1. The number of nitrogens with zero attached hydrogens (tertiary/aromatic N) is 3. The normalized spacial score (nSPS) is 15.4. The van der Waals surface area contributed by atoms with Crippen LogP contribution < -0.4 is 5.32 Å². The zero-order valence-corrected chi connectivity index (χ0v) is 10.9. The van der Waals surface area contributed by atoms with E-state index in [2.05, 4.69) is 10.3 Å². The van der Waals surface area contributed by atoms with Gasteiger partial charge >= 0.3 is 0 Å². The highest BCUT2D eigenvalue weighted by molar-refractivity contribution is 7.15. The monoisotopic (exact) mass is 248 g/mol. The van der Waals surface area contributed by atoms with E-state index in [-0.39, 0.29) is 0 Å². The molecule has 17 heavy (non-hydrogen) atoms. The Hall–Kier alpha value is -1.20. The first kappa shape index (κ1) is 10.9. The van der Waals surface area contributed by atoms with E-state index in [1.54, 1.807) is 11.3 Å². The zero-order chi connectivity index (χ0) is 11.8. The van der Waals surface area contributed by atoms with Gasteiger partial charge in [-0.15, -0.1) is 11.3 Å². The molecule has 90 valence electrons. The van der Waals surface area contributed by atoms with E-state index >= 15 is 0 Å². The van der Waals surface area contributed by atoms with Gasteiger partial charge in [-0.05, 0) is 19.9 Å². The van der Waals surface area contributed by atoms with Crippen molar-refractivity contribution in [2.45, 2.75) is 25.3 Å². The van der Waals surface area contributed by atoms with Crippen LogP contribution in [0.2, 0.25) is 0 Å². The molecule has 0 spiro atoms. The molecule has 1 fully saturated rings. The minimum Gasteiger partial charge on any atom is -0.332 e. The molecule has 3 rings (SSSR count). The van der Waals surface area contributed by atoms with Crippen molar-refractivity contribution in [3.63, 3.8) is 0 Å². The molecule has 4 nitrogen and oxygen atoms in total. The van der Waals surface area contributed by atoms with E-state index in [1.165, 1.54) is 23.4 Å². The van der Waals surface area contributed by atoms with Crippen LogP contribution in [-0.2, 0) is 13.6 Å². The van der Waals surface area contributed by atoms with Crippen molar-refractivity contribution >= 4 is 11.3 Å². The molecule has 2 aromatic heterocycles. The third kappa shape index (κ3) is 2.00. The number of aromatic nitrogens is 3. The van der Waals surface area contributed by atoms with Gasteiger partial charge < -0.3 is 9.88 Å². The molecule has 1 saturated carbocycles. The number of aryl methyl sites for hydroxylation is 1. The Kier molecular flexibility index (Phi) is 2.72. The molecule has 1 aliphatic carbocycles. The van der Waals surface area contributed by atoms with Crippen molar-refractivity contribution in [2.24, 2.45) is 7.05 Å². The second-order valence-electron chi connectivity index (χ2n) is 4.49. The van der Waals surface area contributed by atoms with Crippen LogP contribution in [0.15, 0.2) is 12.4 Å². The molecule has 2 heterocycles. The largest absolute Gasteiger partial charge is 0.332 e. The highest BCUT2D eigenvalue weighted by atomic mass is 32.1. The van der Waals surface area contributed by atoms with Gasteiger partial charge in [0, 0.05) is 36.8 Å². The average molecular weight is 248 g/mol. The molecule has 0 atom stereocenters. The first-order valence-electron chi connectivity index (χ1n) is 5.91. The van der Waals surface area contributed by atoms with Gasteiger partial charge in [0.1, 0.15) is 0 Å². The van der Waals surface area contributed by atoms with Gasteiger partial charge in [0.05, 0.1) is 5.69 Å². The van der Waals surface area contributed by atoms with Gasteiger partial charge in [0.25, 0.3) is 0 Å². The Balaban J connectivity index is 2.00. The van der Waals surface area contributed by atoms with Gasteiger partial charge in [-0.1, -0.05) is 0 Å². The predicted octanol–water partition coefficient (Wildman–Crippen LogP) is 2.14. The minimum atomic E-state index is 0.698. The van der Waals surface area contributed by atoms with Crippen molar-refractivity contribution in [3.05, 3.63) is 23.0 Å². The van der Waals surface area contributed by atoms with Gasteiger partial charge in [0.15, 0.2) is 10.8 Å². The molecule has 2 aromatic rings. The van der Waals surface area contributed by atoms with Crippen LogP contribution in [0.4, 0.5) is 0 Å². The summed E-state index contributed by atoms with van der Waals surface area (Å²) in [5.74, 6) is 1.67. The highest BCUT2D eigenvalue weighted by Crippen LogP contribution is 2.43. The van der Waals surface area contributed by atoms with Crippen molar-refractivity contribution in [1.29, 1.82) is 0 Å². The van der Waals surface area contributed by atoms with Gasteiger partial charge in [-0.3, -0.25) is 0 Å².